The van der Waals surface area contributed by atoms with E-state index in [0.29, 0.717) is 0 Å². The highest BCUT2D eigenvalue weighted by molar-refractivity contribution is 7.98. The number of halogens is 2. The van der Waals surface area contributed by atoms with Crippen LogP contribution in [0.3, 0.4) is 0 Å². The summed E-state index contributed by atoms with van der Waals surface area (Å²) in [6.07, 6.45) is 1.68. The van der Waals surface area contributed by atoms with Crippen molar-refractivity contribution in [2.24, 2.45) is 0 Å². The molecule has 0 atom stereocenters. The van der Waals surface area contributed by atoms with Crippen molar-refractivity contribution in [3.05, 3.63) is 16.0 Å². The van der Waals surface area contributed by atoms with Gasteiger partial charge in [-0.3, -0.25) is 0 Å². The van der Waals surface area contributed by atoms with Crippen LogP contribution in [0.1, 0.15) is 10.4 Å². The van der Waals surface area contributed by atoms with Crippen LogP contribution in [0, 0.1) is 0 Å². The number of aromatic carboxylic acids is 1. The van der Waals surface area contributed by atoms with E-state index in [4.69, 9.17) is 28.3 Å². The van der Waals surface area contributed by atoms with Crippen LogP contribution in [0.5, 0.6) is 0 Å². The third-order valence-corrected chi connectivity index (χ3v) is 2.34. The lowest BCUT2D eigenvalue weighted by molar-refractivity contribution is 0.0692. The van der Waals surface area contributed by atoms with E-state index < -0.39 is 5.97 Å². The molecule has 0 spiro atoms. The van der Waals surface area contributed by atoms with Crippen LogP contribution in [0.25, 0.3) is 0 Å². The Morgan fingerprint density at radius 2 is 2.08 bits per heavy atom. The van der Waals surface area contributed by atoms with Gasteiger partial charge in [0.1, 0.15) is 15.7 Å². The van der Waals surface area contributed by atoms with Gasteiger partial charge in [0.2, 0.25) is 5.28 Å². The number of rotatable bonds is 2. The monoisotopic (exact) mass is 238 g/mol. The number of hydrogen-bond donors (Lipinski definition) is 1. The normalized spacial score (nSPS) is 10.1. The molecule has 0 radical (unpaired) electrons. The Morgan fingerprint density at radius 1 is 1.46 bits per heavy atom. The predicted molar refractivity (Wildman–Crippen MR) is 50.8 cm³/mol. The number of aromatic nitrogens is 2. The van der Waals surface area contributed by atoms with Crippen molar-refractivity contribution in [2.75, 3.05) is 6.26 Å². The first-order chi connectivity index (χ1) is 6.06. The van der Waals surface area contributed by atoms with Gasteiger partial charge in [-0.2, -0.15) is 0 Å². The van der Waals surface area contributed by atoms with Gasteiger partial charge >= 0.3 is 5.97 Å². The highest BCUT2D eigenvalue weighted by atomic mass is 35.5. The average molecular weight is 239 g/mol. The van der Waals surface area contributed by atoms with Gasteiger partial charge < -0.3 is 5.11 Å². The van der Waals surface area contributed by atoms with Crippen LogP contribution in [0.4, 0.5) is 0 Å². The molecule has 0 aliphatic carbocycles. The summed E-state index contributed by atoms with van der Waals surface area (Å²) in [5.74, 6) is -1.16. The molecule has 0 aliphatic heterocycles. The number of carboxylic acids is 1. The molecule has 70 valence electrons. The molecule has 1 aromatic rings. The molecule has 1 N–H and O–H groups in total. The van der Waals surface area contributed by atoms with Gasteiger partial charge in [-0.25, -0.2) is 14.8 Å². The quantitative estimate of drug-likeness (QED) is 0.487. The summed E-state index contributed by atoms with van der Waals surface area (Å²) < 4.78 is 0. The Morgan fingerprint density at radius 3 is 2.54 bits per heavy atom. The smallest absolute Gasteiger partial charge is 0.341 e. The van der Waals surface area contributed by atoms with Crippen molar-refractivity contribution in [1.82, 2.24) is 9.97 Å². The average Bonchev–Trinajstić information content (AvgIpc) is 2.01. The molecular weight excluding hydrogens is 235 g/mol. The minimum absolute atomic E-state index is 0.0562. The van der Waals surface area contributed by atoms with Gasteiger partial charge in [0, 0.05) is 0 Å². The molecule has 1 aromatic heterocycles. The van der Waals surface area contributed by atoms with E-state index in [2.05, 4.69) is 9.97 Å². The van der Waals surface area contributed by atoms with E-state index in [9.17, 15) is 4.79 Å². The topological polar surface area (TPSA) is 63.1 Å². The minimum atomic E-state index is -1.16. The fourth-order valence-electron chi connectivity index (χ4n) is 0.717. The third-order valence-electron chi connectivity index (χ3n) is 1.21. The number of thioether (sulfide) groups is 1. The highest BCUT2D eigenvalue weighted by Crippen LogP contribution is 2.25. The molecule has 1 heterocycles. The lowest BCUT2D eigenvalue weighted by atomic mass is 10.3. The first-order valence-electron chi connectivity index (χ1n) is 3.06. The van der Waals surface area contributed by atoms with Crippen LogP contribution in [0.2, 0.25) is 10.4 Å². The second kappa shape index (κ2) is 4.13. The van der Waals surface area contributed by atoms with Gasteiger partial charge in [-0.05, 0) is 17.9 Å². The second-order valence-corrected chi connectivity index (χ2v) is 3.46. The Labute approximate surface area is 88.3 Å². The molecule has 0 amide bonds. The number of carbonyl (C=O) groups is 1. The second-order valence-electron chi connectivity index (χ2n) is 1.97. The molecule has 4 nitrogen and oxygen atoms in total. The standard InChI is InChI=1S/C6H4Cl2N2O2S/c1-13-4-2(5(11)12)3(7)9-6(8)10-4/h1H3,(H,11,12). The number of nitrogens with zero attached hydrogens (tertiary/aromatic N) is 2. The van der Waals surface area contributed by atoms with Crippen LogP contribution < -0.4 is 0 Å². The number of hydrogen-bond acceptors (Lipinski definition) is 4. The number of carboxylic acid groups (broad SMARTS) is 1. The molecule has 0 bridgehead atoms. The van der Waals surface area contributed by atoms with Crippen molar-refractivity contribution in [3.63, 3.8) is 0 Å². The van der Waals surface area contributed by atoms with Crippen LogP contribution in [-0.2, 0) is 0 Å². The van der Waals surface area contributed by atoms with E-state index in [1.807, 2.05) is 0 Å². The molecule has 1 rings (SSSR count). The van der Waals surface area contributed by atoms with Crippen molar-refractivity contribution in [1.29, 1.82) is 0 Å². The highest BCUT2D eigenvalue weighted by Gasteiger charge is 2.17. The minimum Gasteiger partial charge on any atom is -0.477 e. The molecule has 7 heteroatoms. The van der Waals surface area contributed by atoms with Crippen molar-refractivity contribution >= 4 is 40.9 Å². The van der Waals surface area contributed by atoms with E-state index in [1.165, 1.54) is 0 Å². The van der Waals surface area contributed by atoms with E-state index in [-0.39, 0.29) is 21.0 Å². The summed E-state index contributed by atoms with van der Waals surface area (Å²) in [5.41, 5.74) is -0.112. The Balaban J connectivity index is 3.38. The van der Waals surface area contributed by atoms with Crippen LogP contribution >= 0.6 is 35.0 Å². The van der Waals surface area contributed by atoms with Gasteiger partial charge in [0.05, 0.1) is 0 Å². The SMILES string of the molecule is CSc1nc(Cl)nc(Cl)c1C(=O)O. The Hall–Kier alpha value is -0.520. The first kappa shape index (κ1) is 10.6. The van der Waals surface area contributed by atoms with Crippen molar-refractivity contribution in [3.8, 4) is 0 Å². The lowest BCUT2D eigenvalue weighted by Gasteiger charge is -2.03. The summed E-state index contributed by atoms with van der Waals surface area (Å²) in [7, 11) is 0. The van der Waals surface area contributed by atoms with E-state index >= 15 is 0 Å². The summed E-state index contributed by atoms with van der Waals surface area (Å²) in [5, 5.41) is 8.81. The molecule has 0 aliphatic rings. The van der Waals surface area contributed by atoms with E-state index in [1.54, 1.807) is 6.26 Å². The van der Waals surface area contributed by atoms with Gasteiger partial charge in [0.25, 0.3) is 0 Å². The lowest BCUT2D eigenvalue weighted by Crippen LogP contribution is -2.04. The van der Waals surface area contributed by atoms with Crippen LogP contribution in [0.15, 0.2) is 5.03 Å². The fraction of sp³-hybridized carbons (Fsp3) is 0.167. The molecule has 0 saturated heterocycles. The van der Waals surface area contributed by atoms with Crippen LogP contribution in [-0.4, -0.2) is 27.3 Å². The van der Waals surface area contributed by atoms with E-state index in [0.717, 1.165) is 11.8 Å². The maximum Gasteiger partial charge on any atom is 0.341 e. The molecule has 0 unspecified atom stereocenters. The Kier molecular flexibility index (Phi) is 3.35. The van der Waals surface area contributed by atoms with Gasteiger partial charge in [-0.15, -0.1) is 11.8 Å². The maximum absolute atomic E-state index is 10.7. The van der Waals surface area contributed by atoms with Gasteiger partial charge in [-0.1, -0.05) is 11.6 Å². The summed E-state index contributed by atoms with van der Waals surface area (Å²) in [4.78, 5) is 17.9. The molecule has 0 aromatic carbocycles. The largest absolute Gasteiger partial charge is 0.477 e. The Bertz CT molecular complexity index is 359. The van der Waals surface area contributed by atoms with Crippen molar-refractivity contribution < 1.29 is 9.90 Å². The molecule has 13 heavy (non-hydrogen) atoms. The predicted octanol–water partition coefficient (Wildman–Crippen LogP) is 2.20. The summed E-state index contributed by atoms with van der Waals surface area (Å²) in [6, 6.07) is 0. The first-order valence-corrected chi connectivity index (χ1v) is 5.04. The zero-order chi connectivity index (χ0) is 10.0. The molecule has 0 fully saturated rings. The molecular formula is C6H4Cl2N2O2S. The summed E-state index contributed by atoms with van der Waals surface area (Å²) >= 11 is 12.2. The summed E-state index contributed by atoms with van der Waals surface area (Å²) in [6.45, 7) is 0. The van der Waals surface area contributed by atoms with Crippen molar-refractivity contribution in [2.45, 2.75) is 5.03 Å². The zero-order valence-corrected chi connectivity index (χ0v) is 8.74. The fourth-order valence-corrected chi connectivity index (χ4v) is 1.85. The third kappa shape index (κ3) is 2.24. The zero-order valence-electron chi connectivity index (χ0n) is 6.41. The molecule has 0 saturated carbocycles. The maximum atomic E-state index is 10.7. The van der Waals surface area contributed by atoms with Gasteiger partial charge in [0.15, 0.2) is 0 Å².